The molecule has 1 amide bonds. The molecule has 0 bridgehead atoms. The number of amides is 1. The third kappa shape index (κ3) is 6.25. The van der Waals surface area contributed by atoms with Crippen LogP contribution in [0.5, 0.6) is 0 Å². The molecular weight excluding hydrogens is 376 g/mol. The molecule has 1 aromatic carbocycles. The van der Waals surface area contributed by atoms with Gasteiger partial charge in [0, 0.05) is 18.0 Å². The average Bonchev–Trinajstić information content (AvgIpc) is 3.07. The fourth-order valence-corrected chi connectivity index (χ4v) is 3.54. The SMILES string of the molecule is COC(=O)c1ccc(CNC(=O)c2ccc(CCNS(C)(=O)=O)s2)cc1. The molecule has 0 saturated heterocycles. The van der Waals surface area contributed by atoms with Crippen molar-refractivity contribution >= 4 is 33.2 Å². The van der Waals surface area contributed by atoms with Gasteiger partial charge in [-0.2, -0.15) is 0 Å². The van der Waals surface area contributed by atoms with E-state index in [1.54, 1.807) is 30.3 Å². The highest BCUT2D eigenvalue weighted by molar-refractivity contribution is 7.88. The van der Waals surface area contributed by atoms with Gasteiger partial charge in [-0.1, -0.05) is 12.1 Å². The molecule has 2 aromatic rings. The van der Waals surface area contributed by atoms with E-state index in [1.807, 2.05) is 6.07 Å². The summed E-state index contributed by atoms with van der Waals surface area (Å²) >= 11 is 1.33. The normalized spacial score (nSPS) is 11.2. The molecule has 0 unspecified atom stereocenters. The van der Waals surface area contributed by atoms with Crippen LogP contribution in [0.2, 0.25) is 0 Å². The van der Waals surface area contributed by atoms with Gasteiger partial charge in [-0.3, -0.25) is 4.79 Å². The zero-order valence-electron chi connectivity index (χ0n) is 14.4. The Balaban J connectivity index is 1.85. The Morgan fingerprint density at radius 3 is 2.42 bits per heavy atom. The van der Waals surface area contributed by atoms with E-state index in [0.29, 0.717) is 30.0 Å². The van der Waals surface area contributed by atoms with E-state index >= 15 is 0 Å². The Labute approximate surface area is 156 Å². The molecule has 0 radical (unpaired) electrons. The van der Waals surface area contributed by atoms with Crippen LogP contribution in [0.4, 0.5) is 0 Å². The molecule has 0 aliphatic heterocycles. The van der Waals surface area contributed by atoms with Crippen LogP contribution >= 0.6 is 11.3 Å². The zero-order chi connectivity index (χ0) is 19.2. The number of rotatable bonds is 8. The van der Waals surface area contributed by atoms with Crippen molar-refractivity contribution in [3.05, 3.63) is 57.3 Å². The lowest BCUT2D eigenvalue weighted by Gasteiger charge is -2.05. The van der Waals surface area contributed by atoms with Gasteiger partial charge in [0.2, 0.25) is 10.0 Å². The molecule has 0 fully saturated rings. The summed E-state index contributed by atoms with van der Waals surface area (Å²) in [5.41, 5.74) is 1.31. The third-order valence-corrected chi connectivity index (χ3v) is 5.32. The van der Waals surface area contributed by atoms with Crippen LogP contribution in [0, 0.1) is 0 Å². The summed E-state index contributed by atoms with van der Waals surface area (Å²) in [6, 6.07) is 10.3. The summed E-state index contributed by atoms with van der Waals surface area (Å²) in [4.78, 5) is 25.1. The Bertz CT molecular complexity index is 873. The second-order valence-corrected chi connectivity index (χ2v) is 8.55. The standard InChI is InChI=1S/C17H20N2O5S2/c1-24-17(21)13-5-3-12(4-6-13)11-18-16(20)15-8-7-14(25-15)9-10-19-26(2,22)23/h3-8,19H,9-11H2,1-2H3,(H,18,20). The van der Waals surface area contributed by atoms with Gasteiger partial charge in [0.1, 0.15) is 0 Å². The predicted molar refractivity (Wildman–Crippen MR) is 99.8 cm³/mol. The van der Waals surface area contributed by atoms with E-state index in [0.717, 1.165) is 16.7 Å². The van der Waals surface area contributed by atoms with Gasteiger partial charge >= 0.3 is 5.97 Å². The van der Waals surface area contributed by atoms with Gasteiger partial charge < -0.3 is 10.1 Å². The molecule has 2 N–H and O–H groups in total. The summed E-state index contributed by atoms with van der Waals surface area (Å²) in [6.07, 6.45) is 1.64. The lowest BCUT2D eigenvalue weighted by Crippen LogP contribution is -2.24. The van der Waals surface area contributed by atoms with Crippen molar-refractivity contribution in [2.24, 2.45) is 0 Å². The number of hydrogen-bond donors (Lipinski definition) is 2. The highest BCUT2D eigenvalue weighted by Crippen LogP contribution is 2.17. The second kappa shape index (κ2) is 8.93. The van der Waals surface area contributed by atoms with E-state index in [2.05, 4.69) is 14.8 Å². The van der Waals surface area contributed by atoms with Crippen LogP contribution in [-0.2, 0) is 27.7 Å². The van der Waals surface area contributed by atoms with Crippen molar-refractivity contribution in [1.29, 1.82) is 0 Å². The van der Waals surface area contributed by atoms with Gasteiger partial charge in [-0.25, -0.2) is 17.9 Å². The summed E-state index contributed by atoms with van der Waals surface area (Å²) in [6.45, 7) is 0.635. The predicted octanol–water partition coefficient (Wildman–Crippen LogP) is 1.56. The van der Waals surface area contributed by atoms with Crippen molar-refractivity contribution in [2.45, 2.75) is 13.0 Å². The number of ether oxygens (including phenoxy) is 1. The van der Waals surface area contributed by atoms with Crippen LogP contribution < -0.4 is 10.0 Å². The maximum Gasteiger partial charge on any atom is 0.337 e. The lowest BCUT2D eigenvalue weighted by atomic mass is 10.1. The van der Waals surface area contributed by atoms with Crippen molar-refractivity contribution in [1.82, 2.24) is 10.0 Å². The molecule has 140 valence electrons. The van der Waals surface area contributed by atoms with Crippen LogP contribution in [0.25, 0.3) is 0 Å². The van der Waals surface area contributed by atoms with E-state index in [-0.39, 0.29) is 5.91 Å². The summed E-state index contributed by atoms with van der Waals surface area (Å²) in [5, 5.41) is 2.82. The van der Waals surface area contributed by atoms with Crippen LogP contribution in [-0.4, -0.2) is 40.2 Å². The number of thiophene rings is 1. The summed E-state index contributed by atoms with van der Waals surface area (Å²) in [7, 11) is -1.88. The molecule has 2 rings (SSSR count). The van der Waals surface area contributed by atoms with Crippen molar-refractivity contribution in [3.8, 4) is 0 Å². The molecule has 1 aromatic heterocycles. The zero-order valence-corrected chi connectivity index (χ0v) is 16.1. The minimum atomic E-state index is -3.21. The first-order valence-corrected chi connectivity index (χ1v) is 10.5. The van der Waals surface area contributed by atoms with Gasteiger partial charge in [0.25, 0.3) is 5.91 Å². The van der Waals surface area contributed by atoms with Gasteiger partial charge in [-0.05, 0) is 36.2 Å². The monoisotopic (exact) mass is 396 g/mol. The highest BCUT2D eigenvalue weighted by Gasteiger charge is 2.10. The van der Waals surface area contributed by atoms with Gasteiger partial charge in [0.05, 0.1) is 23.8 Å². The van der Waals surface area contributed by atoms with E-state index in [9.17, 15) is 18.0 Å². The van der Waals surface area contributed by atoms with Crippen LogP contribution in [0.1, 0.15) is 30.5 Å². The quantitative estimate of drug-likeness (QED) is 0.660. The number of nitrogens with one attached hydrogen (secondary N) is 2. The minimum absolute atomic E-state index is 0.200. The Kier molecular flexibility index (Phi) is 6.90. The summed E-state index contributed by atoms with van der Waals surface area (Å²) < 4.78 is 29.1. The third-order valence-electron chi connectivity index (χ3n) is 3.45. The number of sulfonamides is 1. The smallest absolute Gasteiger partial charge is 0.337 e. The lowest BCUT2D eigenvalue weighted by molar-refractivity contribution is 0.0600. The highest BCUT2D eigenvalue weighted by atomic mass is 32.2. The van der Waals surface area contributed by atoms with Crippen molar-refractivity contribution in [2.75, 3.05) is 19.9 Å². The molecule has 0 saturated carbocycles. The van der Waals surface area contributed by atoms with E-state index in [4.69, 9.17) is 0 Å². The first kappa shape index (κ1) is 20.1. The minimum Gasteiger partial charge on any atom is -0.465 e. The van der Waals surface area contributed by atoms with E-state index < -0.39 is 16.0 Å². The second-order valence-electron chi connectivity index (χ2n) is 5.55. The van der Waals surface area contributed by atoms with E-state index in [1.165, 1.54) is 18.4 Å². The van der Waals surface area contributed by atoms with Crippen LogP contribution in [0.15, 0.2) is 36.4 Å². The average molecular weight is 396 g/mol. The molecule has 0 spiro atoms. The fraction of sp³-hybridized carbons (Fsp3) is 0.294. The van der Waals surface area contributed by atoms with Crippen LogP contribution in [0.3, 0.4) is 0 Å². The number of esters is 1. The summed E-state index contributed by atoms with van der Waals surface area (Å²) in [5.74, 6) is -0.605. The molecule has 1 heterocycles. The molecule has 9 heteroatoms. The topological polar surface area (TPSA) is 102 Å². The van der Waals surface area contributed by atoms with Gasteiger partial charge in [0.15, 0.2) is 0 Å². The van der Waals surface area contributed by atoms with Crippen molar-refractivity contribution in [3.63, 3.8) is 0 Å². The maximum atomic E-state index is 12.2. The Hall–Kier alpha value is -2.23. The Morgan fingerprint density at radius 2 is 1.81 bits per heavy atom. The molecule has 7 nitrogen and oxygen atoms in total. The number of carbonyl (C=O) groups excluding carboxylic acids is 2. The number of benzene rings is 1. The molecular formula is C17H20N2O5S2. The fourth-order valence-electron chi connectivity index (χ4n) is 2.14. The van der Waals surface area contributed by atoms with Gasteiger partial charge in [-0.15, -0.1) is 11.3 Å². The maximum absolute atomic E-state index is 12.2. The molecule has 0 aliphatic carbocycles. The van der Waals surface area contributed by atoms with Crippen molar-refractivity contribution < 1.29 is 22.7 Å². The number of methoxy groups -OCH3 is 1. The molecule has 26 heavy (non-hydrogen) atoms. The first-order valence-electron chi connectivity index (χ1n) is 7.77. The number of carbonyl (C=O) groups is 2. The molecule has 0 atom stereocenters. The number of hydrogen-bond acceptors (Lipinski definition) is 6. The largest absolute Gasteiger partial charge is 0.465 e. The molecule has 0 aliphatic rings. The first-order chi connectivity index (χ1) is 12.3. The Morgan fingerprint density at radius 1 is 1.12 bits per heavy atom.